The molecule has 0 nitrogen and oxygen atoms in total. The Morgan fingerprint density at radius 1 is 0.338 bits per heavy atom. The van der Waals surface area contributed by atoms with Crippen molar-refractivity contribution in [3.8, 4) is 0 Å². The first-order valence-electron chi connectivity index (χ1n) is 42.4. The van der Waals surface area contributed by atoms with Crippen molar-refractivity contribution in [3.63, 3.8) is 0 Å². The summed E-state index contributed by atoms with van der Waals surface area (Å²) in [6.07, 6.45) is 24.0. The highest BCUT2D eigenvalue weighted by molar-refractivity contribution is 4.64. The van der Waals surface area contributed by atoms with Crippen molar-refractivity contribution >= 4 is 0 Å². The summed E-state index contributed by atoms with van der Waals surface area (Å²) in [7, 11) is 0. The van der Waals surface area contributed by atoms with E-state index in [9.17, 15) is 0 Å². The molecule has 77 heavy (non-hydrogen) atoms. The highest BCUT2D eigenvalue weighted by atomic mass is 14.2. The van der Waals surface area contributed by atoms with Crippen LogP contribution in [0.3, 0.4) is 0 Å². The van der Waals surface area contributed by atoms with E-state index in [2.05, 4.69) is 249 Å². The maximum atomic E-state index is 7.35. The number of rotatable bonds is 14. The van der Waals surface area contributed by atoms with Crippen LogP contribution in [0.4, 0.5) is 0 Å². The molecule has 0 rings (SSSR count). The number of hydrogen-bond acceptors (Lipinski definition) is 0. The lowest BCUT2D eigenvalue weighted by atomic mass is 9.84. The Morgan fingerprint density at radius 3 is 0.584 bits per heavy atom. The van der Waals surface area contributed by atoms with Gasteiger partial charge in [0.15, 0.2) is 0 Å². The van der Waals surface area contributed by atoms with Gasteiger partial charge in [-0.2, -0.15) is 0 Å². The summed E-state index contributed by atoms with van der Waals surface area (Å²) in [5.74, 6) is 2.77. The molecular formula is C77H184. The third-order valence-corrected chi connectivity index (χ3v) is 10.0. The molecule has 0 aromatic carbocycles. The summed E-state index contributed by atoms with van der Waals surface area (Å²) in [4.78, 5) is 0. The van der Waals surface area contributed by atoms with Gasteiger partial charge in [0.25, 0.3) is 0 Å². The summed E-state index contributed by atoms with van der Waals surface area (Å²) in [5, 5.41) is 0. The van der Waals surface area contributed by atoms with Gasteiger partial charge in [-0.15, -0.1) is 0 Å². The Morgan fingerprint density at radius 2 is 0.545 bits per heavy atom. The van der Waals surface area contributed by atoms with E-state index in [1.807, 2.05) is 0 Å². The van der Waals surface area contributed by atoms with Crippen molar-refractivity contribution in [3.05, 3.63) is 0 Å². The van der Waals surface area contributed by atoms with Gasteiger partial charge in [0.05, 0.1) is 0 Å². The molecule has 0 aliphatic carbocycles. The first-order valence-corrected chi connectivity index (χ1v) is 32.9. The lowest BCUT2D eigenvalue weighted by Gasteiger charge is -2.22. The summed E-state index contributed by atoms with van der Waals surface area (Å²) < 4.78 is 133. The highest BCUT2D eigenvalue weighted by Gasteiger charge is 2.13. The lowest BCUT2D eigenvalue weighted by molar-refractivity contribution is 0.283. The molecule has 0 heteroatoms. The second kappa shape index (κ2) is 98.1. The van der Waals surface area contributed by atoms with E-state index < -0.39 is 58.8 Å². The van der Waals surface area contributed by atoms with E-state index in [4.69, 9.17) is 26.0 Å². The molecule has 0 bridgehead atoms. The second-order valence-corrected chi connectivity index (χ2v) is 26.5. The fourth-order valence-corrected chi connectivity index (χ4v) is 1.53. The monoisotopic (exact) mass is 1130 g/mol. The molecule has 0 heterocycles. The van der Waals surface area contributed by atoms with Crippen molar-refractivity contribution < 1.29 is 26.0 Å². The molecule has 0 aliphatic rings. The maximum Gasteiger partial charge on any atom is 0.0297 e. The molecule has 0 aromatic rings. The molecule has 0 N–H and O–H groups in total. The van der Waals surface area contributed by atoms with Gasteiger partial charge in [0, 0.05) is 26.0 Å². The molecule has 0 unspecified atom stereocenters. The van der Waals surface area contributed by atoms with Crippen LogP contribution in [0.25, 0.3) is 0 Å². The molecule has 0 saturated carbocycles. The van der Waals surface area contributed by atoms with Crippen LogP contribution in [0.15, 0.2) is 0 Å². The van der Waals surface area contributed by atoms with E-state index in [0.717, 1.165) is 35.5 Å². The molecule has 0 atom stereocenters. The largest absolute Gasteiger partial charge is 0.0656 e. The van der Waals surface area contributed by atoms with E-state index >= 15 is 0 Å². The number of unbranched alkanes of at least 4 members (excludes halogenated alkanes) is 10. The summed E-state index contributed by atoms with van der Waals surface area (Å²) in [6, 6.07) is 0. The smallest absolute Gasteiger partial charge is 0.0297 e. The zero-order chi connectivity index (χ0) is 81.8. The zero-order valence-electron chi connectivity index (χ0n) is 81.8. The van der Waals surface area contributed by atoms with Crippen molar-refractivity contribution in [2.45, 2.75) is 446 Å². The Hall–Kier alpha value is 0. The van der Waals surface area contributed by atoms with E-state index in [1.54, 1.807) is 6.92 Å². The first kappa shape index (κ1) is 67.8. The van der Waals surface area contributed by atoms with Gasteiger partial charge in [-0.1, -0.05) is 446 Å². The van der Waals surface area contributed by atoms with Crippen LogP contribution in [0.2, 0.25) is 0 Å². The van der Waals surface area contributed by atoms with Gasteiger partial charge >= 0.3 is 0 Å². The number of hydrogen-bond donors (Lipinski definition) is 0. The molecule has 0 amide bonds. The van der Waals surface area contributed by atoms with Crippen molar-refractivity contribution in [1.82, 2.24) is 0 Å². The molecule has 0 fully saturated rings. The minimum absolute atomic E-state index is 0.208. The fourth-order valence-electron chi connectivity index (χ4n) is 1.53. The van der Waals surface area contributed by atoms with Gasteiger partial charge in [0.1, 0.15) is 0 Å². The van der Waals surface area contributed by atoms with Gasteiger partial charge < -0.3 is 0 Å². The summed E-state index contributed by atoms with van der Waals surface area (Å²) in [6.45, 7) is 67.7. The Kier molecular flexibility index (Phi) is 86.4. The van der Waals surface area contributed by atoms with Crippen LogP contribution in [0, 0.1) is 63.1 Å². The highest BCUT2D eigenvalue weighted by Crippen LogP contribution is 2.23. The molecule has 0 aliphatic heterocycles. The topological polar surface area (TPSA) is 0 Å². The van der Waals surface area contributed by atoms with Gasteiger partial charge in [-0.25, -0.2) is 0 Å². The average molecular weight is 1130 g/mol. The fraction of sp³-hybridized carbons (Fsp3) is 1.00. The zero-order valence-corrected chi connectivity index (χ0v) is 62.8. The third kappa shape index (κ3) is 406. The Labute approximate surface area is 533 Å². The summed E-state index contributed by atoms with van der Waals surface area (Å²) in [5.41, 5.74) is -1.10. The standard InChI is InChI=1S/2C7H16.4C6H14.5C5H12.2C4H10.2C3H8/c1-6(2)7(3,4)5;1-3-5-7-6-4-2;2*1-5-6(2,3)4;1-5(2)6(3)4;1-3-5-6-4-2;1-5(2,3)4;3*1-4-5(2)3;1-3-5-4-2;1-4(2)3;1-3-4-2;2*1-3-2/h6H,1-5H3;3-7H2,1-2H3;2*5H2,1-4H3;5-6H,1-4H3;3-6H2,1-2H3;1-4H3;3*5H,4H2,1-3H3;3-5H2,1-2H3;4H,1-3H3;3-4H2,1-2H3;2*3H2,1-2H3/i;;2D3,3D3,4D3;;;;;2D3,3D3,5D;;;;;;1D3;. The van der Waals surface area contributed by atoms with Crippen LogP contribution in [0.1, 0.15) is 472 Å². The van der Waals surface area contributed by atoms with Crippen LogP contribution < -0.4 is 0 Å². The predicted molar refractivity (Wildman–Crippen MR) is 386 cm³/mol. The van der Waals surface area contributed by atoms with E-state index in [-0.39, 0.29) is 12.8 Å². The molecule has 0 radical (unpaired) electrons. The van der Waals surface area contributed by atoms with Crippen molar-refractivity contribution in [2.75, 3.05) is 0 Å². The van der Waals surface area contributed by atoms with Crippen LogP contribution in [-0.4, -0.2) is 0 Å². The van der Waals surface area contributed by atoms with Crippen LogP contribution in [0.5, 0.6) is 0 Å². The Balaban J connectivity index is -0.0000000575. The predicted octanol–water partition coefficient (Wildman–Crippen LogP) is 32.1. The van der Waals surface area contributed by atoms with Gasteiger partial charge in [-0.3, -0.25) is 0 Å². The van der Waals surface area contributed by atoms with Gasteiger partial charge in [0.2, 0.25) is 0 Å². The molecule has 0 spiro atoms. The molecule has 492 valence electrons. The minimum atomic E-state index is -3.04. The molecule has 0 saturated heterocycles. The third-order valence-electron chi connectivity index (χ3n) is 10.0. The van der Waals surface area contributed by atoms with Crippen molar-refractivity contribution in [2.24, 2.45) is 63.1 Å². The lowest BCUT2D eigenvalue weighted by Crippen LogP contribution is -2.12. The molecule has 0 aromatic heterocycles. The quantitative estimate of drug-likeness (QED) is 0.152. The van der Waals surface area contributed by atoms with Crippen LogP contribution in [-0.2, 0) is 0 Å². The molecular weight excluding hydrogens is 925 g/mol. The summed E-state index contributed by atoms with van der Waals surface area (Å²) >= 11 is 0. The normalized spacial score (nSPS) is 14.7. The first-order chi connectivity index (χ1) is 42.4. The maximum absolute atomic E-state index is 7.35. The van der Waals surface area contributed by atoms with E-state index in [1.165, 1.54) is 129 Å². The second-order valence-electron chi connectivity index (χ2n) is 26.5. The van der Waals surface area contributed by atoms with E-state index in [0.29, 0.717) is 16.2 Å². The van der Waals surface area contributed by atoms with Gasteiger partial charge in [-0.05, 0) is 63.1 Å². The van der Waals surface area contributed by atoms with Crippen LogP contribution >= 0.6 is 0 Å². The minimum Gasteiger partial charge on any atom is -0.0656 e. The van der Waals surface area contributed by atoms with Crippen molar-refractivity contribution in [1.29, 1.82) is 0 Å². The average Bonchev–Trinajstić information content (AvgIpc) is 0.748. The SMILES string of the molecule is CC(C)(C)C.CC(C)C.CC(C)C(C)(C)C.CC(C)C(C)C.CCC.CCC(C)(C)C.CCC(C)C.CCC(C)C.CCCC.CCCCC.CCCCCC.CCCCCCC.[2H]C([2H])([2H])C(CC)(C([2H])([2H])[2H])C([2H])([2H])[2H].[2H]C([2H])([2H])C([2H])(CC)C([2H])([2H])[2H].[2H]C([2H])([2H])CC. The Bertz CT molecular complexity index is 1280.